The summed E-state index contributed by atoms with van der Waals surface area (Å²) in [6.45, 7) is -0.678. The van der Waals surface area contributed by atoms with Crippen LogP contribution in [0, 0.1) is 0 Å². The summed E-state index contributed by atoms with van der Waals surface area (Å²) in [5, 5.41) is 5.07. The Labute approximate surface area is 163 Å². The number of halogens is 1. The first-order valence-electron chi connectivity index (χ1n) is 7.62. The number of thioether (sulfide) groups is 1. The van der Waals surface area contributed by atoms with Crippen molar-refractivity contribution in [2.45, 2.75) is 4.90 Å². The van der Waals surface area contributed by atoms with Gasteiger partial charge in [-0.05, 0) is 46.5 Å². The number of hydrogen-bond acceptors (Lipinski definition) is 5. The minimum absolute atomic E-state index is 0.223. The summed E-state index contributed by atoms with van der Waals surface area (Å²) in [6, 6.07) is 14.1. The Balaban J connectivity index is 1.77. The third-order valence-electron chi connectivity index (χ3n) is 3.26. The highest BCUT2D eigenvalue weighted by Gasteiger charge is 2.14. The molecule has 0 aliphatic heterocycles. The minimum atomic E-state index is -0.581. The summed E-state index contributed by atoms with van der Waals surface area (Å²) in [7, 11) is 0. The van der Waals surface area contributed by atoms with Crippen molar-refractivity contribution in [3.63, 3.8) is 0 Å². The summed E-state index contributed by atoms with van der Waals surface area (Å²) >= 11 is 4.73. The number of nitrogens with one attached hydrogen (secondary N) is 2. The normalized spacial score (nSPS) is 10.1. The van der Waals surface area contributed by atoms with Gasteiger partial charge in [0.25, 0.3) is 5.91 Å². The molecule has 6 nitrogen and oxygen atoms in total. The number of hydrogen-bond donors (Lipinski definition) is 2. The molecular weight excluding hydrogens is 420 g/mol. The van der Waals surface area contributed by atoms with Gasteiger partial charge in [-0.2, -0.15) is 0 Å². The largest absolute Gasteiger partial charge is 0.452 e. The average molecular weight is 437 g/mol. The van der Waals surface area contributed by atoms with E-state index < -0.39 is 18.5 Å². The second kappa shape index (κ2) is 9.98. The zero-order chi connectivity index (χ0) is 18.9. The van der Waals surface area contributed by atoms with Crippen molar-refractivity contribution in [2.75, 3.05) is 24.7 Å². The van der Waals surface area contributed by atoms with Gasteiger partial charge < -0.3 is 15.4 Å². The molecular formula is C18H17BrN2O4S. The molecule has 0 bridgehead atoms. The Bertz CT molecular complexity index is 813. The lowest BCUT2D eigenvalue weighted by atomic mass is 10.2. The average Bonchev–Trinajstić information content (AvgIpc) is 2.66. The second-order valence-corrected chi connectivity index (χ2v) is 6.78. The van der Waals surface area contributed by atoms with Crippen LogP contribution in [0.15, 0.2) is 57.9 Å². The van der Waals surface area contributed by atoms with E-state index in [1.807, 2.05) is 18.4 Å². The van der Waals surface area contributed by atoms with Crippen molar-refractivity contribution in [1.82, 2.24) is 5.32 Å². The third-order valence-corrected chi connectivity index (χ3v) is 4.74. The van der Waals surface area contributed by atoms with Crippen LogP contribution in [0.4, 0.5) is 5.69 Å². The van der Waals surface area contributed by atoms with Crippen molar-refractivity contribution in [3.8, 4) is 0 Å². The van der Waals surface area contributed by atoms with Gasteiger partial charge in [0, 0.05) is 9.37 Å². The number of rotatable bonds is 7. The number of para-hydroxylation sites is 1. The maximum atomic E-state index is 12.0. The first-order chi connectivity index (χ1) is 12.5. The molecule has 0 aliphatic carbocycles. The highest BCUT2D eigenvalue weighted by Crippen LogP contribution is 2.21. The molecule has 2 amide bonds. The van der Waals surface area contributed by atoms with Crippen LogP contribution < -0.4 is 10.6 Å². The van der Waals surface area contributed by atoms with E-state index in [2.05, 4.69) is 26.6 Å². The first-order valence-corrected chi connectivity index (χ1v) is 9.64. The lowest BCUT2D eigenvalue weighted by molar-refractivity contribution is -0.126. The fraction of sp³-hybridized carbons (Fsp3) is 0.167. The fourth-order valence-electron chi connectivity index (χ4n) is 2.01. The molecule has 2 aromatic carbocycles. The smallest absolute Gasteiger partial charge is 0.339 e. The molecule has 0 heterocycles. The van der Waals surface area contributed by atoms with Gasteiger partial charge in [-0.25, -0.2) is 4.79 Å². The number of amides is 2. The first kappa shape index (κ1) is 20.0. The van der Waals surface area contributed by atoms with Crippen molar-refractivity contribution < 1.29 is 19.1 Å². The van der Waals surface area contributed by atoms with Gasteiger partial charge in [0.2, 0.25) is 5.91 Å². The Hall–Kier alpha value is -2.32. The molecule has 2 N–H and O–H groups in total. The highest BCUT2D eigenvalue weighted by molar-refractivity contribution is 9.10. The van der Waals surface area contributed by atoms with E-state index >= 15 is 0 Å². The molecule has 2 rings (SSSR count). The van der Waals surface area contributed by atoms with Crippen LogP contribution in [0.3, 0.4) is 0 Å². The number of anilines is 1. The van der Waals surface area contributed by atoms with E-state index in [0.29, 0.717) is 11.3 Å². The van der Waals surface area contributed by atoms with Gasteiger partial charge in [0.15, 0.2) is 6.61 Å². The zero-order valence-corrected chi connectivity index (χ0v) is 16.4. The van der Waals surface area contributed by atoms with Crippen molar-refractivity contribution in [3.05, 3.63) is 58.6 Å². The number of carbonyl (C=O) groups is 3. The molecule has 0 aromatic heterocycles. The molecule has 0 radical (unpaired) electrons. The van der Waals surface area contributed by atoms with E-state index in [0.717, 1.165) is 9.37 Å². The number of carbonyl (C=O) groups excluding carboxylic acids is 3. The van der Waals surface area contributed by atoms with Crippen LogP contribution in [-0.2, 0) is 14.3 Å². The SMILES string of the molecule is CSc1ccccc1C(=O)OCC(=O)NCC(=O)Nc1ccccc1Br. The van der Waals surface area contributed by atoms with Crippen LogP contribution in [0.1, 0.15) is 10.4 Å². The lowest BCUT2D eigenvalue weighted by Gasteiger charge is -2.09. The van der Waals surface area contributed by atoms with Crippen LogP contribution in [0.2, 0.25) is 0 Å². The molecule has 136 valence electrons. The van der Waals surface area contributed by atoms with Crippen LogP contribution in [0.5, 0.6) is 0 Å². The minimum Gasteiger partial charge on any atom is -0.452 e. The predicted molar refractivity (Wildman–Crippen MR) is 104 cm³/mol. The van der Waals surface area contributed by atoms with Crippen LogP contribution in [-0.4, -0.2) is 37.2 Å². The van der Waals surface area contributed by atoms with Crippen molar-refractivity contribution in [1.29, 1.82) is 0 Å². The van der Waals surface area contributed by atoms with Crippen molar-refractivity contribution in [2.24, 2.45) is 0 Å². The zero-order valence-electron chi connectivity index (χ0n) is 14.0. The third kappa shape index (κ3) is 5.89. The molecule has 0 saturated heterocycles. The topological polar surface area (TPSA) is 84.5 Å². The summed E-state index contributed by atoms with van der Waals surface area (Å²) in [4.78, 5) is 36.4. The molecule has 26 heavy (non-hydrogen) atoms. The summed E-state index contributed by atoms with van der Waals surface area (Å²) in [5.74, 6) is -1.52. The maximum Gasteiger partial charge on any atom is 0.339 e. The molecule has 0 fully saturated rings. The quantitative estimate of drug-likeness (QED) is 0.514. The molecule has 0 atom stereocenters. The fourth-order valence-corrected chi connectivity index (χ4v) is 2.98. The standard InChI is InChI=1S/C18H17BrN2O4S/c1-26-15-9-5-2-6-12(15)18(24)25-11-17(23)20-10-16(22)21-14-8-4-3-7-13(14)19/h2-9H,10-11H2,1H3,(H,20,23)(H,21,22). The lowest BCUT2D eigenvalue weighted by Crippen LogP contribution is -2.35. The highest BCUT2D eigenvalue weighted by atomic mass is 79.9. The van der Waals surface area contributed by atoms with E-state index in [4.69, 9.17) is 4.74 Å². The van der Waals surface area contributed by atoms with E-state index in [-0.39, 0.29) is 12.5 Å². The Kier molecular flexibility index (Phi) is 7.68. The maximum absolute atomic E-state index is 12.0. The van der Waals surface area contributed by atoms with Gasteiger partial charge in [0.1, 0.15) is 0 Å². The molecule has 2 aromatic rings. The van der Waals surface area contributed by atoms with Crippen LogP contribution in [0.25, 0.3) is 0 Å². The van der Waals surface area contributed by atoms with E-state index in [1.165, 1.54) is 11.8 Å². The van der Waals surface area contributed by atoms with E-state index in [1.54, 1.807) is 36.4 Å². The second-order valence-electron chi connectivity index (χ2n) is 5.08. The summed E-state index contributed by atoms with van der Waals surface area (Å²) in [5.41, 5.74) is 1.01. The Morgan fingerprint density at radius 3 is 2.46 bits per heavy atom. The molecule has 8 heteroatoms. The van der Waals surface area contributed by atoms with Gasteiger partial charge in [0.05, 0.1) is 17.8 Å². The van der Waals surface area contributed by atoms with Crippen LogP contribution >= 0.6 is 27.7 Å². The Morgan fingerprint density at radius 2 is 1.73 bits per heavy atom. The monoisotopic (exact) mass is 436 g/mol. The summed E-state index contributed by atoms with van der Waals surface area (Å²) < 4.78 is 5.74. The number of benzene rings is 2. The van der Waals surface area contributed by atoms with Gasteiger partial charge in [-0.3, -0.25) is 9.59 Å². The van der Waals surface area contributed by atoms with Crippen molar-refractivity contribution >= 4 is 51.2 Å². The molecule has 0 saturated carbocycles. The van der Waals surface area contributed by atoms with Gasteiger partial charge in [-0.15, -0.1) is 11.8 Å². The van der Waals surface area contributed by atoms with E-state index in [9.17, 15) is 14.4 Å². The molecule has 0 spiro atoms. The molecule has 0 aliphatic rings. The van der Waals surface area contributed by atoms with Gasteiger partial charge >= 0.3 is 5.97 Å². The number of esters is 1. The predicted octanol–water partition coefficient (Wildman–Crippen LogP) is 3.08. The summed E-state index contributed by atoms with van der Waals surface area (Å²) in [6.07, 6.45) is 1.85. The number of ether oxygens (including phenoxy) is 1. The Morgan fingerprint density at radius 1 is 1.04 bits per heavy atom. The molecule has 0 unspecified atom stereocenters. The van der Waals surface area contributed by atoms with Gasteiger partial charge in [-0.1, -0.05) is 24.3 Å².